The Morgan fingerprint density at radius 2 is 2.25 bits per heavy atom. The summed E-state index contributed by atoms with van der Waals surface area (Å²) in [6.45, 7) is 0. The molecule has 5 heteroatoms. The fourth-order valence-corrected chi connectivity index (χ4v) is 1.17. The van der Waals surface area contributed by atoms with Crippen LogP contribution in [0.1, 0.15) is 6.42 Å². The van der Waals surface area contributed by atoms with Crippen molar-refractivity contribution in [3.63, 3.8) is 0 Å². The molecule has 1 aliphatic rings. The van der Waals surface area contributed by atoms with Gasteiger partial charge < -0.3 is 10.0 Å². The van der Waals surface area contributed by atoms with E-state index in [1.54, 1.807) is 6.08 Å². The largest absolute Gasteiger partial charge is 0.489 e. The molecule has 0 unspecified atom stereocenters. The van der Waals surface area contributed by atoms with Gasteiger partial charge >= 0.3 is 7.12 Å². The second-order valence-corrected chi connectivity index (χ2v) is 2.86. The van der Waals surface area contributed by atoms with Crippen LogP contribution in [0, 0.1) is 11.3 Å². The lowest BCUT2D eigenvalue weighted by Gasteiger charge is -2.10. The third-order valence-corrected chi connectivity index (χ3v) is 1.95. The fraction of sp³-hybridized carbons (Fsp3) is 0.143. The first-order chi connectivity index (χ1) is 5.65. The van der Waals surface area contributed by atoms with Crippen LogP contribution in [0.4, 0.5) is 0 Å². The van der Waals surface area contributed by atoms with Crippen LogP contribution in [0.2, 0.25) is 0 Å². The average molecular weight is 179 g/mol. The Bertz CT molecular complexity index is 314. The van der Waals surface area contributed by atoms with Crippen molar-refractivity contribution in [3.05, 3.63) is 23.2 Å². The van der Waals surface area contributed by atoms with Crippen molar-refractivity contribution in [1.29, 1.82) is 5.26 Å². The molecule has 0 fully saturated rings. The fourth-order valence-electron chi connectivity index (χ4n) is 0.924. The maximum Gasteiger partial charge on any atom is 0.489 e. The molecular formula is C7H6BNO2S. The van der Waals surface area contributed by atoms with Crippen molar-refractivity contribution in [2.75, 3.05) is 0 Å². The minimum Gasteiger partial charge on any atom is -0.423 e. The van der Waals surface area contributed by atoms with E-state index in [1.807, 2.05) is 6.07 Å². The number of rotatable bonds is 1. The van der Waals surface area contributed by atoms with Gasteiger partial charge in [0.15, 0.2) is 0 Å². The Labute approximate surface area is 75.8 Å². The smallest absolute Gasteiger partial charge is 0.423 e. The minimum atomic E-state index is -1.57. The van der Waals surface area contributed by atoms with Crippen LogP contribution in [-0.2, 0) is 0 Å². The maximum atomic E-state index is 8.82. The van der Waals surface area contributed by atoms with Crippen molar-refractivity contribution >= 4 is 24.2 Å². The minimum absolute atomic E-state index is 0.254. The Hall–Kier alpha value is -0.955. The van der Waals surface area contributed by atoms with Gasteiger partial charge in [0.2, 0.25) is 0 Å². The molecule has 0 radical (unpaired) electrons. The molecule has 0 saturated carbocycles. The molecule has 0 aromatic heterocycles. The third-order valence-electron chi connectivity index (χ3n) is 1.55. The number of hydrogen-bond donors (Lipinski definition) is 2. The molecule has 0 spiro atoms. The Balaban J connectivity index is 2.97. The van der Waals surface area contributed by atoms with Crippen LogP contribution in [0.15, 0.2) is 23.2 Å². The molecule has 1 rings (SSSR count). The summed E-state index contributed by atoms with van der Waals surface area (Å²) in [6.07, 6.45) is 3.49. The van der Waals surface area contributed by atoms with Crippen molar-refractivity contribution in [2.45, 2.75) is 6.42 Å². The summed E-state index contributed by atoms with van der Waals surface area (Å²) in [5.74, 6) is 0. The lowest BCUT2D eigenvalue weighted by Crippen LogP contribution is -2.22. The summed E-state index contributed by atoms with van der Waals surface area (Å²) in [5, 5.41) is 26.2. The highest BCUT2D eigenvalue weighted by atomic mass is 32.1. The van der Waals surface area contributed by atoms with Gasteiger partial charge in [-0.3, -0.25) is 0 Å². The lowest BCUT2D eigenvalue weighted by atomic mass is 9.74. The summed E-state index contributed by atoms with van der Waals surface area (Å²) >= 11 is 4.86. The Morgan fingerprint density at radius 3 is 2.75 bits per heavy atom. The molecule has 0 bridgehead atoms. The number of hydrogen-bond acceptors (Lipinski definition) is 4. The first-order valence-electron chi connectivity index (χ1n) is 3.36. The third kappa shape index (κ3) is 1.80. The van der Waals surface area contributed by atoms with Gasteiger partial charge in [0.25, 0.3) is 0 Å². The van der Waals surface area contributed by atoms with Gasteiger partial charge in [-0.25, -0.2) is 0 Å². The number of nitrogens with zero attached hydrogens (tertiary/aromatic N) is 1. The van der Waals surface area contributed by atoms with E-state index in [-0.39, 0.29) is 5.47 Å². The number of nitriles is 1. The summed E-state index contributed by atoms with van der Waals surface area (Å²) in [4.78, 5) is 0.476. The summed E-state index contributed by atoms with van der Waals surface area (Å²) in [7, 11) is -1.57. The van der Waals surface area contributed by atoms with Crippen LogP contribution in [0.25, 0.3) is 0 Å². The monoisotopic (exact) mass is 179 g/mol. The number of allylic oxidation sites excluding steroid dienone is 4. The number of thiocarbonyl (C=S) groups is 1. The predicted octanol–water partition coefficient (Wildman–Crippen LogP) is 0.148. The first-order valence-corrected chi connectivity index (χ1v) is 3.77. The van der Waals surface area contributed by atoms with Crippen LogP contribution in [-0.4, -0.2) is 22.0 Å². The molecule has 1 aliphatic carbocycles. The van der Waals surface area contributed by atoms with Crippen LogP contribution < -0.4 is 0 Å². The molecular weight excluding hydrogens is 173 g/mol. The van der Waals surface area contributed by atoms with E-state index in [0.717, 1.165) is 0 Å². The Kier molecular flexibility index (Phi) is 2.76. The zero-order valence-corrected chi connectivity index (χ0v) is 7.01. The van der Waals surface area contributed by atoms with E-state index in [0.29, 0.717) is 16.9 Å². The summed E-state index contributed by atoms with van der Waals surface area (Å²) < 4.78 is 0. The predicted molar refractivity (Wildman–Crippen MR) is 49.2 cm³/mol. The SMILES string of the molecule is N#CC1=CCC(=S)C(B(O)O)=C1. The van der Waals surface area contributed by atoms with Gasteiger partial charge in [0.05, 0.1) is 6.07 Å². The highest BCUT2D eigenvalue weighted by Gasteiger charge is 2.21. The zero-order chi connectivity index (χ0) is 9.14. The van der Waals surface area contributed by atoms with Crippen LogP contribution >= 0.6 is 12.2 Å². The zero-order valence-electron chi connectivity index (χ0n) is 6.19. The average Bonchev–Trinajstić information content (AvgIpc) is 2.05. The molecule has 12 heavy (non-hydrogen) atoms. The lowest BCUT2D eigenvalue weighted by molar-refractivity contribution is 0.421. The quantitative estimate of drug-likeness (QED) is 0.444. The molecule has 0 aromatic carbocycles. The second kappa shape index (κ2) is 3.63. The normalized spacial score (nSPS) is 16.2. The van der Waals surface area contributed by atoms with E-state index in [2.05, 4.69) is 0 Å². The van der Waals surface area contributed by atoms with Gasteiger partial charge in [-0.1, -0.05) is 18.3 Å². The van der Waals surface area contributed by atoms with E-state index in [1.165, 1.54) is 6.08 Å². The Morgan fingerprint density at radius 1 is 1.58 bits per heavy atom. The highest BCUT2D eigenvalue weighted by Crippen LogP contribution is 2.15. The van der Waals surface area contributed by atoms with Gasteiger partial charge in [-0.2, -0.15) is 5.26 Å². The molecule has 0 heterocycles. The van der Waals surface area contributed by atoms with Gasteiger partial charge in [-0.05, 0) is 11.5 Å². The molecule has 0 atom stereocenters. The molecule has 2 N–H and O–H groups in total. The van der Waals surface area contributed by atoms with E-state index in [4.69, 9.17) is 27.5 Å². The van der Waals surface area contributed by atoms with E-state index in [9.17, 15) is 0 Å². The van der Waals surface area contributed by atoms with Crippen molar-refractivity contribution < 1.29 is 10.0 Å². The second-order valence-electron chi connectivity index (χ2n) is 2.37. The van der Waals surface area contributed by atoms with Crippen LogP contribution in [0.3, 0.4) is 0 Å². The summed E-state index contributed by atoms with van der Waals surface area (Å²) in [6, 6.07) is 1.91. The van der Waals surface area contributed by atoms with E-state index >= 15 is 0 Å². The first kappa shape index (κ1) is 9.14. The highest BCUT2D eigenvalue weighted by molar-refractivity contribution is 7.81. The summed E-state index contributed by atoms with van der Waals surface area (Å²) in [5.41, 5.74) is 0.677. The standard InChI is InChI=1S/C7H6BNO2S/c9-4-5-1-2-7(12)6(3-5)8(10)11/h1,3,10-11H,2H2. The van der Waals surface area contributed by atoms with Gasteiger partial charge in [0.1, 0.15) is 0 Å². The van der Waals surface area contributed by atoms with Gasteiger partial charge in [-0.15, -0.1) is 0 Å². The van der Waals surface area contributed by atoms with Crippen LogP contribution in [0.5, 0.6) is 0 Å². The molecule has 0 amide bonds. The topological polar surface area (TPSA) is 64.2 Å². The molecule has 3 nitrogen and oxygen atoms in total. The molecule has 0 saturated heterocycles. The van der Waals surface area contributed by atoms with Gasteiger partial charge in [0, 0.05) is 16.9 Å². The van der Waals surface area contributed by atoms with Crippen molar-refractivity contribution in [2.24, 2.45) is 0 Å². The van der Waals surface area contributed by atoms with Crippen molar-refractivity contribution in [3.8, 4) is 6.07 Å². The molecule has 0 aromatic rings. The van der Waals surface area contributed by atoms with E-state index < -0.39 is 7.12 Å². The molecule has 60 valence electrons. The molecule has 0 aliphatic heterocycles. The van der Waals surface area contributed by atoms with Crippen molar-refractivity contribution in [1.82, 2.24) is 0 Å². The maximum absolute atomic E-state index is 8.82.